The van der Waals surface area contributed by atoms with E-state index < -0.39 is 0 Å². The van der Waals surface area contributed by atoms with Gasteiger partial charge in [0, 0.05) is 18.8 Å². The molecule has 4 rings (SSSR count). The maximum atomic E-state index is 5.45. The Morgan fingerprint density at radius 3 is 2.70 bits per heavy atom. The molecule has 0 amide bonds. The van der Waals surface area contributed by atoms with Gasteiger partial charge in [-0.2, -0.15) is 10.1 Å². The van der Waals surface area contributed by atoms with E-state index in [1.165, 1.54) is 5.56 Å². The van der Waals surface area contributed by atoms with Crippen LogP contribution in [0.15, 0.2) is 54.7 Å². The van der Waals surface area contributed by atoms with Crippen molar-refractivity contribution in [3.63, 3.8) is 0 Å². The molecule has 1 fully saturated rings. The van der Waals surface area contributed by atoms with Gasteiger partial charge in [-0.3, -0.25) is 0 Å². The highest BCUT2D eigenvalue weighted by Gasteiger charge is 2.15. The minimum absolute atomic E-state index is 0.452. The molecular weight excluding hydrogens is 340 g/mol. The van der Waals surface area contributed by atoms with E-state index in [1.807, 2.05) is 30.3 Å². The predicted molar refractivity (Wildman–Crippen MR) is 107 cm³/mol. The Balaban J connectivity index is 1.53. The zero-order valence-electron chi connectivity index (χ0n) is 15.2. The molecule has 1 saturated heterocycles. The largest absolute Gasteiger partial charge is 0.378 e. The van der Waals surface area contributed by atoms with Crippen molar-refractivity contribution in [1.82, 2.24) is 15.2 Å². The molecule has 2 N–H and O–H groups in total. The Morgan fingerprint density at radius 1 is 1.00 bits per heavy atom. The summed E-state index contributed by atoms with van der Waals surface area (Å²) in [5, 5.41) is 14.8. The lowest BCUT2D eigenvalue weighted by molar-refractivity contribution is 0.123. The van der Waals surface area contributed by atoms with Gasteiger partial charge in [-0.15, -0.1) is 5.10 Å². The summed E-state index contributed by atoms with van der Waals surface area (Å²) >= 11 is 0. The molecule has 1 aliphatic heterocycles. The topological polar surface area (TPSA) is 75.2 Å². The molecule has 0 unspecified atom stereocenters. The number of anilines is 5. The molecule has 1 aromatic heterocycles. The van der Waals surface area contributed by atoms with E-state index in [4.69, 9.17) is 4.74 Å². The third-order valence-electron chi connectivity index (χ3n) is 4.35. The molecule has 7 nitrogen and oxygen atoms in total. The number of aryl methyl sites for hydroxylation is 1. The first-order chi connectivity index (χ1) is 13.3. The highest BCUT2D eigenvalue weighted by Crippen LogP contribution is 2.28. The van der Waals surface area contributed by atoms with Crippen molar-refractivity contribution >= 4 is 28.8 Å². The zero-order valence-corrected chi connectivity index (χ0v) is 15.2. The Labute approximate surface area is 158 Å². The molecule has 0 saturated carbocycles. The quantitative estimate of drug-likeness (QED) is 0.719. The molecule has 3 aromatic rings. The lowest BCUT2D eigenvalue weighted by atomic mass is 10.2. The lowest BCUT2D eigenvalue weighted by Crippen LogP contribution is -2.36. The third kappa shape index (κ3) is 4.32. The summed E-state index contributed by atoms with van der Waals surface area (Å²) in [7, 11) is 0. The fourth-order valence-corrected chi connectivity index (χ4v) is 3.07. The highest BCUT2D eigenvalue weighted by molar-refractivity contribution is 5.73. The van der Waals surface area contributed by atoms with Crippen LogP contribution in [0.3, 0.4) is 0 Å². The molecular formula is C20H22N6O. The number of morpholine rings is 1. The maximum Gasteiger partial charge on any atom is 0.249 e. The number of para-hydroxylation sites is 2. The number of ether oxygens (including phenoxy) is 1. The maximum absolute atomic E-state index is 5.45. The van der Waals surface area contributed by atoms with Gasteiger partial charge in [-0.05, 0) is 36.8 Å². The summed E-state index contributed by atoms with van der Waals surface area (Å²) in [4.78, 5) is 6.84. The van der Waals surface area contributed by atoms with Crippen LogP contribution in [-0.4, -0.2) is 41.5 Å². The summed E-state index contributed by atoms with van der Waals surface area (Å²) in [6.07, 6.45) is 1.61. The van der Waals surface area contributed by atoms with Gasteiger partial charge >= 0.3 is 0 Å². The van der Waals surface area contributed by atoms with E-state index in [0.717, 1.165) is 43.4 Å². The molecule has 7 heteroatoms. The Bertz CT molecular complexity index is 910. The molecule has 138 valence electrons. The van der Waals surface area contributed by atoms with Crippen LogP contribution >= 0.6 is 0 Å². The van der Waals surface area contributed by atoms with Crippen molar-refractivity contribution in [1.29, 1.82) is 0 Å². The van der Waals surface area contributed by atoms with Gasteiger partial charge in [-0.1, -0.05) is 24.3 Å². The standard InChI is InChI=1S/C20H22N6O/c1-15-5-4-6-16(13-15)22-19-14-21-25-20(24-19)23-17-7-2-3-8-18(17)26-9-11-27-12-10-26/h2-8,13-14H,9-12H2,1H3,(H2,22,23,24,25). The van der Waals surface area contributed by atoms with Crippen molar-refractivity contribution in [2.45, 2.75) is 6.92 Å². The Morgan fingerprint density at radius 2 is 1.85 bits per heavy atom. The molecule has 1 aliphatic rings. The predicted octanol–water partition coefficient (Wildman–Crippen LogP) is 3.50. The second-order valence-electron chi connectivity index (χ2n) is 6.40. The van der Waals surface area contributed by atoms with Crippen LogP contribution in [0.1, 0.15) is 5.56 Å². The van der Waals surface area contributed by atoms with Crippen LogP contribution in [0.2, 0.25) is 0 Å². The number of aromatic nitrogens is 3. The summed E-state index contributed by atoms with van der Waals surface area (Å²) in [5.74, 6) is 1.09. The van der Waals surface area contributed by atoms with E-state index in [2.05, 4.69) is 55.8 Å². The number of rotatable bonds is 5. The van der Waals surface area contributed by atoms with Crippen molar-refractivity contribution < 1.29 is 4.74 Å². The van der Waals surface area contributed by atoms with Crippen LogP contribution in [0.25, 0.3) is 0 Å². The number of nitrogens with one attached hydrogen (secondary N) is 2. The minimum Gasteiger partial charge on any atom is -0.378 e. The number of hydrogen-bond acceptors (Lipinski definition) is 7. The van der Waals surface area contributed by atoms with E-state index in [1.54, 1.807) is 6.20 Å². The van der Waals surface area contributed by atoms with Crippen LogP contribution in [0.5, 0.6) is 0 Å². The zero-order chi connectivity index (χ0) is 18.5. The minimum atomic E-state index is 0.452. The van der Waals surface area contributed by atoms with Crippen LogP contribution < -0.4 is 15.5 Å². The first-order valence-corrected chi connectivity index (χ1v) is 9.00. The molecule has 0 spiro atoms. The number of benzene rings is 2. The third-order valence-corrected chi connectivity index (χ3v) is 4.35. The fraction of sp³-hybridized carbons (Fsp3) is 0.250. The lowest BCUT2D eigenvalue weighted by Gasteiger charge is -2.30. The normalized spacial score (nSPS) is 14.0. The van der Waals surface area contributed by atoms with Gasteiger partial charge in [0.2, 0.25) is 5.95 Å². The molecule has 27 heavy (non-hydrogen) atoms. The van der Waals surface area contributed by atoms with E-state index in [0.29, 0.717) is 11.8 Å². The van der Waals surface area contributed by atoms with Gasteiger partial charge in [0.05, 0.1) is 30.8 Å². The van der Waals surface area contributed by atoms with Crippen molar-refractivity contribution in [2.24, 2.45) is 0 Å². The van der Waals surface area contributed by atoms with Gasteiger partial charge in [0.25, 0.3) is 0 Å². The second-order valence-corrected chi connectivity index (χ2v) is 6.40. The number of hydrogen-bond donors (Lipinski definition) is 2. The van der Waals surface area contributed by atoms with Gasteiger partial charge < -0.3 is 20.3 Å². The summed E-state index contributed by atoms with van der Waals surface area (Å²) in [6.45, 7) is 5.27. The average Bonchev–Trinajstić information content (AvgIpc) is 2.69. The smallest absolute Gasteiger partial charge is 0.249 e. The van der Waals surface area contributed by atoms with Crippen LogP contribution in [0.4, 0.5) is 28.8 Å². The molecule has 0 radical (unpaired) electrons. The summed E-state index contributed by atoms with van der Waals surface area (Å²) in [6, 6.07) is 16.3. The second kappa shape index (κ2) is 8.01. The first-order valence-electron chi connectivity index (χ1n) is 9.00. The van der Waals surface area contributed by atoms with Crippen LogP contribution in [-0.2, 0) is 4.74 Å². The van der Waals surface area contributed by atoms with Gasteiger partial charge in [0.1, 0.15) is 0 Å². The molecule has 2 heterocycles. The Hall–Kier alpha value is -3.19. The summed E-state index contributed by atoms with van der Waals surface area (Å²) in [5.41, 5.74) is 4.21. The van der Waals surface area contributed by atoms with E-state index in [-0.39, 0.29) is 0 Å². The molecule has 0 atom stereocenters. The molecule has 2 aromatic carbocycles. The first kappa shape index (κ1) is 17.2. The Kier molecular flexibility index (Phi) is 5.11. The van der Waals surface area contributed by atoms with E-state index >= 15 is 0 Å². The molecule has 0 bridgehead atoms. The van der Waals surface area contributed by atoms with Crippen LogP contribution in [0, 0.1) is 6.92 Å². The van der Waals surface area contributed by atoms with Crippen molar-refractivity contribution in [2.75, 3.05) is 41.8 Å². The van der Waals surface area contributed by atoms with Crippen molar-refractivity contribution in [3.05, 3.63) is 60.3 Å². The molecule has 0 aliphatic carbocycles. The van der Waals surface area contributed by atoms with E-state index in [9.17, 15) is 0 Å². The monoisotopic (exact) mass is 362 g/mol. The van der Waals surface area contributed by atoms with Gasteiger partial charge in [0.15, 0.2) is 5.82 Å². The number of nitrogens with zero attached hydrogens (tertiary/aromatic N) is 4. The van der Waals surface area contributed by atoms with Crippen molar-refractivity contribution in [3.8, 4) is 0 Å². The SMILES string of the molecule is Cc1cccc(Nc2cnnc(Nc3ccccc3N3CCOCC3)n2)c1. The van der Waals surface area contributed by atoms with Gasteiger partial charge in [-0.25, -0.2) is 0 Å². The average molecular weight is 362 g/mol. The highest BCUT2D eigenvalue weighted by atomic mass is 16.5. The summed E-state index contributed by atoms with van der Waals surface area (Å²) < 4.78 is 5.45. The fourth-order valence-electron chi connectivity index (χ4n) is 3.07.